The molecule has 0 bridgehead atoms. The Bertz CT molecular complexity index is 472. The molecule has 1 aromatic rings. The Morgan fingerprint density at radius 2 is 2.50 bits per heavy atom. The number of pyridine rings is 1. The van der Waals surface area contributed by atoms with Gasteiger partial charge in [-0.2, -0.15) is 5.26 Å². The zero-order valence-corrected chi connectivity index (χ0v) is 10.9. The molecule has 2 N–H and O–H groups in total. The van der Waals surface area contributed by atoms with Gasteiger partial charge in [0.05, 0.1) is 18.3 Å². The summed E-state index contributed by atoms with van der Waals surface area (Å²) in [5.74, 6) is 0.629. The van der Waals surface area contributed by atoms with Crippen LogP contribution < -0.4 is 10.6 Å². The number of anilines is 1. The van der Waals surface area contributed by atoms with Crippen molar-refractivity contribution in [2.24, 2.45) is 5.73 Å². The lowest BCUT2D eigenvalue weighted by Crippen LogP contribution is -2.50. The van der Waals surface area contributed by atoms with Gasteiger partial charge < -0.3 is 15.4 Å². The summed E-state index contributed by atoms with van der Waals surface area (Å²) in [4.78, 5) is 6.27. The van der Waals surface area contributed by atoms with Gasteiger partial charge in [-0.3, -0.25) is 0 Å². The summed E-state index contributed by atoms with van der Waals surface area (Å²) in [6.07, 6.45) is 1.55. The average molecular weight is 267 g/mol. The Balaban J connectivity index is 2.24. The van der Waals surface area contributed by atoms with Crippen molar-refractivity contribution >= 4 is 17.4 Å². The van der Waals surface area contributed by atoms with E-state index >= 15 is 0 Å². The molecule has 2 heterocycles. The fraction of sp³-hybridized carbons (Fsp3) is 0.500. The summed E-state index contributed by atoms with van der Waals surface area (Å²) in [6.45, 7) is 3.83. The van der Waals surface area contributed by atoms with Crippen LogP contribution in [-0.2, 0) is 4.74 Å². The van der Waals surface area contributed by atoms with Crippen LogP contribution in [0.15, 0.2) is 12.3 Å². The van der Waals surface area contributed by atoms with E-state index in [2.05, 4.69) is 11.1 Å². The normalized spacial score (nSPS) is 21.4. The Hall–Kier alpha value is -1.35. The number of nitrogens with zero attached hydrogens (tertiary/aromatic N) is 3. The van der Waals surface area contributed by atoms with Gasteiger partial charge in [0.2, 0.25) is 0 Å². The van der Waals surface area contributed by atoms with Gasteiger partial charge in [0.25, 0.3) is 0 Å². The predicted octanol–water partition coefficient (Wildman–Crippen LogP) is 1.16. The van der Waals surface area contributed by atoms with Crippen molar-refractivity contribution in [3.8, 4) is 6.07 Å². The van der Waals surface area contributed by atoms with Crippen molar-refractivity contribution in [3.63, 3.8) is 0 Å². The van der Waals surface area contributed by atoms with Crippen molar-refractivity contribution in [2.45, 2.75) is 19.1 Å². The topological polar surface area (TPSA) is 75.2 Å². The Kier molecular flexibility index (Phi) is 4.02. The maximum absolute atomic E-state index is 8.96. The molecule has 0 aromatic carbocycles. The van der Waals surface area contributed by atoms with Crippen molar-refractivity contribution in [2.75, 3.05) is 24.6 Å². The number of aromatic nitrogens is 1. The number of ether oxygens (including phenoxy) is 1. The second-order valence-electron chi connectivity index (χ2n) is 4.32. The first kappa shape index (κ1) is 13.1. The number of nitriles is 1. The molecule has 0 aliphatic carbocycles. The molecule has 0 spiro atoms. The number of rotatable bonds is 2. The van der Waals surface area contributed by atoms with E-state index in [4.69, 9.17) is 27.3 Å². The molecule has 0 saturated carbocycles. The molecule has 96 valence electrons. The van der Waals surface area contributed by atoms with Gasteiger partial charge in [-0.25, -0.2) is 4.98 Å². The highest BCUT2D eigenvalue weighted by Crippen LogP contribution is 2.27. The molecule has 18 heavy (non-hydrogen) atoms. The minimum atomic E-state index is -0.0503. The highest BCUT2D eigenvalue weighted by atomic mass is 35.5. The van der Waals surface area contributed by atoms with Gasteiger partial charge in [0.1, 0.15) is 16.9 Å². The van der Waals surface area contributed by atoms with Crippen LogP contribution in [-0.4, -0.2) is 36.8 Å². The second kappa shape index (κ2) is 5.53. The zero-order chi connectivity index (χ0) is 13.1. The minimum Gasteiger partial charge on any atom is -0.373 e. The van der Waals surface area contributed by atoms with E-state index in [1.807, 2.05) is 11.8 Å². The molecular weight excluding hydrogens is 252 g/mol. The van der Waals surface area contributed by atoms with E-state index in [0.717, 1.165) is 0 Å². The molecule has 2 rings (SSSR count). The molecule has 1 fully saturated rings. The van der Waals surface area contributed by atoms with E-state index in [1.54, 1.807) is 12.3 Å². The van der Waals surface area contributed by atoms with Crippen molar-refractivity contribution in [3.05, 3.63) is 22.8 Å². The monoisotopic (exact) mass is 266 g/mol. The average Bonchev–Trinajstić information content (AvgIpc) is 2.39. The Labute approximate surface area is 111 Å². The van der Waals surface area contributed by atoms with Crippen LogP contribution in [0.25, 0.3) is 0 Å². The van der Waals surface area contributed by atoms with Crippen LogP contribution in [0.4, 0.5) is 5.82 Å². The number of morpholine rings is 1. The molecule has 2 atom stereocenters. The molecule has 1 saturated heterocycles. The van der Waals surface area contributed by atoms with Crippen LogP contribution in [0.5, 0.6) is 0 Å². The Morgan fingerprint density at radius 1 is 1.72 bits per heavy atom. The lowest BCUT2D eigenvalue weighted by atomic mass is 10.1. The van der Waals surface area contributed by atoms with Crippen LogP contribution >= 0.6 is 11.6 Å². The van der Waals surface area contributed by atoms with E-state index < -0.39 is 0 Å². The maximum Gasteiger partial charge on any atom is 0.148 e. The zero-order valence-electron chi connectivity index (χ0n) is 10.1. The molecular formula is C12H15ClN4O. The highest BCUT2D eigenvalue weighted by molar-refractivity contribution is 6.34. The van der Waals surface area contributed by atoms with Crippen LogP contribution in [0.2, 0.25) is 5.02 Å². The van der Waals surface area contributed by atoms with Gasteiger partial charge in [-0.15, -0.1) is 0 Å². The van der Waals surface area contributed by atoms with Crippen molar-refractivity contribution in [1.82, 2.24) is 4.98 Å². The summed E-state index contributed by atoms with van der Waals surface area (Å²) >= 11 is 6.17. The van der Waals surface area contributed by atoms with Crippen LogP contribution in [0.3, 0.4) is 0 Å². The third-order valence-corrected chi connectivity index (χ3v) is 3.34. The quantitative estimate of drug-likeness (QED) is 0.869. The largest absolute Gasteiger partial charge is 0.373 e. The lowest BCUT2D eigenvalue weighted by molar-refractivity contribution is 0.0273. The first-order valence-electron chi connectivity index (χ1n) is 5.80. The van der Waals surface area contributed by atoms with Gasteiger partial charge in [-0.1, -0.05) is 11.6 Å². The maximum atomic E-state index is 8.96. The number of nitrogens with two attached hydrogens (primary N) is 1. The molecule has 0 amide bonds. The first-order chi connectivity index (χ1) is 8.63. The molecule has 5 nitrogen and oxygen atoms in total. The van der Waals surface area contributed by atoms with Crippen LogP contribution in [0, 0.1) is 11.3 Å². The molecule has 6 heteroatoms. The smallest absolute Gasteiger partial charge is 0.148 e. The third kappa shape index (κ3) is 2.56. The Morgan fingerprint density at radius 3 is 3.17 bits per heavy atom. The predicted molar refractivity (Wildman–Crippen MR) is 69.6 cm³/mol. The fourth-order valence-corrected chi connectivity index (χ4v) is 2.20. The number of hydrogen-bond donors (Lipinski definition) is 1. The SMILES string of the molecule is CC(N)C1CN(c2nccc(C#N)c2Cl)CCO1. The van der Waals surface area contributed by atoms with Gasteiger partial charge in [-0.05, 0) is 13.0 Å². The van der Waals surface area contributed by atoms with E-state index in [9.17, 15) is 0 Å². The van der Waals surface area contributed by atoms with Gasteiger partial charge in [0.15, 0.2) is 0 Å². The number of hydrogen-bond acceptors (Lipinski definition) is 5. The highest BCUT2D eigenvalue weighted by Gasteiger charge is 2.26. The van der Waals surface area contributed by atoms with Crippen molar-refractivity contribution < 1.29 is 4.74 Å². The third-order valence-electron chi connectivity index (χ3n) is 2.97. The van der Waals surface area contributed by atoms with Gasteiger partial charge >= 0.3 is 0 Å². The molecule has 1 aliphatic rings. The molecule has 0 radical (unpaired) electrons. The summed E-state index contributed by atoms with van der Waals surface area (Å²) in [5.41, 5.74) is 6.28. The molecule has 1 aliphatic heterocycles. The second-order valence-corrected chi connectivity index (χ2v) is 4.70. The van der Waals surface area contributed by atoms with Crippen molar-refractivity contribution in [1.29, 1.82) is 5.26 Å². The first-order valence-corrected chi connectivity index (χ1v) is 6.18. The molecule has 1 aromatic heterocycles. The lowest BCUT2D eigenvalue weighted by Gasteiger charge is -2.35. The summed E-state index contributed by atoms with van der Waals surface area (Å²) in [7, 11) is 0. The van der Waals surface area contributed by atoms with Gasteiger partial charge in [0, 0.05) is 25.3 Å². The molecule has 2 unspecified atom stereocenters. The summed E-state index contributed by atoms with van der Waals surface area (Å²) in [6, 6.07) is 3.61. The fourth-order valence-electron chi connectivity index (χ4n) is 1.93. The van der Waals surface area contributed by atoms with E-state index in [1.165, 1.54) is 0 Å². The summed E-state index contributed by atoms with van der Waals surface area (Å²) < 4.78 is 5.59. The van der Waals surface area contributed by atoms with E-state index in [0.29, 0.717) is 36.1 Å². The van der Waals surface area contributed by atoms with Crippen LogP contribution in [0.1, 0.15) is 12.5 Å². The summed E-state index contributed by atoms with van der Waals surface area (Å²) in [5, 5.41) is 9.35. The number of halogens is 1. The van der Waals surface area contributed by atoms with E-state index in [-0.39, 0.29) is 12.1 Å². The minimum absolute atomic E-state index is 0.0395. The standard InChI is InChI=1S/C12H15ClN4O/c1-8(15)10-7-17(4-5-18-10)12-11(13)9(6-14)2-3-16-12/h2-3,8,10H,4-5,7,15H2,1H3.